The van der Waals surface area contributed by atoms with E-state index in [0.717, 1.165) is 25.1 Å². The van der Waals surface area contributed by atoms with Gasteiger partial charge in [0, 0.05) is 12.2 Å². The summed E-state index contributed by atoms with van der Waals surface area (Å²) in [6.07, 6.45) is 1.72. The molecule has 2 rings (SSSR count). The maximum atomic E-state index is 12.4. The third-order valence-electron chi connectivity index (χ3n) is 3.14. The fourth-order valence-corrected chi connectivity index (χ4v) is 2.42. The van der Waals surface area contributed by atoms with Gasteiger partial charge in [-0.1, -0.05) is 30.1 Å². The Bertz CT molecular complexity index is 451. The Morgan fingerprint density at radius 3 is 2.83 bits per heavy atom. The summed E-state index contributed by atoms with van der Waals surface area (Å²) >= 11 is 11.9. The zero-order valence-corrected chi connectivity index (χ0v) is 11.8. The van der Waals surface area contributed by atoms with Crippen molar-refractivity contribution in [3.8, 4) is 0 Å². The molecule has 0 aromatic heterocycles. The zero-order valence-electron chi connectivity index (χ0n) is 10.2. The van der Waals surface area contributed by atoms with E-state index in [-0.39, 0.29) is 11.9 Å². The van der Waals surface area contributed by atoms with E-state index in [1.165, 1.54) is 0 Å². The van der Waals surface area contributed by atoms with Crippen LogP contribution in [0.25, 0.3) is 0 Å². The van der Waals surface area contributed by atoms with Gasteiger partial charge >= 0.3 is 0 Å². The Morgan fingerprint density at radius 2 is 2.17 bits per heavy atom. The summed E-state index contributed by atoms with van der Waals surface area (Å²) < 4.78 is 0. The van der Waals surface area contributed by atoms with Crippen molar-refractivity contribution in [2.75, 3.05) is 18.0 Å². The summed E-state index contributed by atoms with van der Waals surface area (Å²) in [5.41, 5.74) is 0.816. The first-order chi connectivity index (χ1) is 8.63. The quantitative estimate of drug-likeness (QED) is 0.906. The minimum atomic E-state index is -0.109. The first-order valence-electron chi connectivity index (χ1n) is 6.13. The van der Waals surface area contributed by atoms with Gasteiger partial charge in [-0.3, -0.25) is 4.79 Å². The van der Waals surface area contributed by atoms with E-state index >= 15 is 0 Å². The molecule has 0 radical (unpaired) electrons. The maximum Gasteiger partial charge on any atom is 0.244 e. The highest BCUT2D eigenvalue weighted by molar-refractivity contribution is 6.42. The molecule has 1 aliphatic rings. The fourth-order valence-electron chi connectivity index (χ4n) is 2.13. The van der Waals surface area contributed by atoms with Crippen molar-refractivity contribution >= 4 is 34.8 Å². The van der Waals surface area contributed by atoms with Crippen LogP contribution in [0.1, 0.15) is 19.8 Å². The van der Waals surface area contributed by atoms with Crippen molar-refractivity contribution in [3.05, 3.63) is 28.2 Å². The first kappa shape index (κ1) is 13.7. The van der Waals surface area contributed by atoms with Crippen LogP contribution < -0.4 is 10.2 Å². The Balaban J connectivity index is 2.29. The highest BCUT2D eigenvalue weighted by Gasteiger charge is 2.26. The van der Waals surface area contributed by atoms with Crippen LogP contribution in [0, 0.1) is 0 Å². The molecule has 1 saturated heterocycles. The third kappa shape index (κ3) is 2.79. The van der Waals surface area contributed by atoms with Gasteiger partial charge in [0.05, 0.1) is 16.1 Å². The summed E-state index contributed by atoms with van der Waals surface area (Å²) in [6, 6.07) is 5.21. The van der Waals surface area contributed by atoms with Gasteiger partial charge in [-0.05, 0) is 37.6 Å². The van der Waals surface area contributed by atoms with E-state index in [4.69, 9.17) is 23.2 Å². The molecule has 1 heterocycles. The average Bonchev–Trinajstić information content (AvgIpc) is 2.54. The van der Waals surface area contributed by atoms with Gasteiger partial charge in [0.2, 0.25) is 5.91 Å². The number of hydrogen-bond acceptors (Lipinski definition) is 2. The number of nitrogens with zero attached hydrogens (tertiary/aromatic N) is 1. The van der Waals surface area contributed by atoms with Crippen LogP contribution in [-0.2, 0) is 4.79 Å². The van der Waals surface area contributed by atoms with Gasteiger partial charge in [0.15, 0.2) is 0 Å². The van der Waals surface area contributed by atoms with Crippen LogP contribution in [-0.4, -0.2) is 25.0 Å². The van der Waals surface area contributed by atoms with Crippen LogP contribution in [0.4, 0.5) is 5.69 Å². The van der Waals surface area contributed by atoms with Gasteiger partial charge < -0.3 is 10.2 Å². The lowest BCUT2D eigenvalue weighted by atomic mass is 10.2. The molecule has 18 heavy (non-hydrogen) atoms. The second-order valence-corrected chi connectivity index (χ2v) is 5.17. The number of hydrogen-bond donors (Lipinski definition) is 1. The maximum absolute atomic E-state index is 12.4. The number of halogens is 2. The number of carbonyl (C=O) groups excluding carboxylic acids is 1. The molecule has 1 aromatic carbocycles. The van der Waals surface area contributed by atoms with Crippen molar-refractivity contribution in [1.29, 1.82) is 0 Å². The summed E-state index contributed by atoms with van der Waals surface area (Å²) in [5.74, 6) is 0.105. The fraction of sp³-hybridized carbons (Fsp3) is 0.462. The topological polar surface area (TPSA) is 32.3 Å². The summed E-state index contributed by atoms with van der Waals surface area (Å²) in [5, 5.41) is 4.24. The molecule has 1 aromatic rings. The molecule has 1 atom stereocenters. The third-order valence-corrected chi connectivity index (χ3v) is 3.88. The van der Waals surface area contributed by atoms with Crippen LogP contribution in [0.15, 0.2) is 18.2 Å². The van der Waals surface area contributed by atoms with Crippen molar-refractivity contribution in [2.24, 2.45) is 0 Å². The van der Waals surface area contributed by atoms with Crippen molar-refractivity contribution in [2.45, 2.75) is 25.8 Å². The lowest BCUT2D eigenvalue weighted by Crippen LogP contribution is -2.43. The highest BCUT2D eigenvalue weighted by atomic mass is 35.5. The minimum absolute atomic E-state index is 0.105. The number of benzene rings is 1. The van der Waals surface area contributed by atoms with Gasteiger partial charge in [0.1, 0.15) is 0 Å². The number of rotatable bonds is 2. The SMILES string of the molecule is CCC1NCCCN(c2ccc(Cl)c(Cl)c2)C1=O. The molecule has 3 nitrogen and oxygen atoms in total. The number of anilines is 1. The van der Waals surface area contributed by atoms with Gasteiger partial charge in [-0.15, -0.1) is 0 Å². The van der Waals surface area contributed by atoms with Crippen LogP contribution in [0.5, 0.6) is 0 Å². The van der Waals surface area contributed by atoms with E-state index in [1.54, 1.807) is 17.0 Å². The van der Waals surface area contributed by atoms with E-state index in [2.05, 4.69) is 5.32 Å². The van der Waals surface area contributed by atoms with Crippen LogP contribution >= 0.6 is 23.2 Å². The second-order valence-electron chi connectivity index (χ2n) is 4.36. The monoisotopic (exact) mass is 286 g/mol. The molecule has 1 unspecified atom stereocenters. The van der Waals surface area contributed by atoms with Gasteiger partial charge in [-0.2, -0.15) is 0 Å². The predicted molar refractivity (Wildman–Crippen MR) is 75.5 cm³/mol. The minimum Gasteiger partial charge on any atom is -0.311 e. The number of nitrogens with one attached hydrogen (secondary N) is 1. The number of amides is 1. The molecule has 1 fully saturated rings. The predicted octanol–water partition coefficient (Wildman–Crippen LogP) is 3.10. The van der Waals surface area contributed by atoms with Crippen molar-refractivity contribution in [1.82, 2.24) is 5.32 Å². The molecule has 0 spiro atoms. The van der Waals surface area contributed by atoms with Gasteiger partial charge in [-0.25, -0.2) is 0 Å². The Hall–Kier alpha value is -0.770. The molecular formula is C13H16Cl2N2O. The van der Waals surface area contributed by atoms with Crippen molar-refractivity contribution in [3.63, 3.8) is 0 Å². The van der Waals surface area contributed by atoms with E-state index in [1.807, 2.05) is 13.0 Å². The van der Waals surface area contributed by atoms with Crippen molar-refractivity contribution < 1.29 is 4.79 Å². The summed E-state index contributed by atoms with van der Waals surface area (Å²) in [7, 11) is 0. The van der Waals surface area contributed by atoms with Crippen LogP contribution in [0.2, 0.25) is 10.0 Å². The molecule has 98 valence electrons. The standard InChI is InChI=1S/C13H16Cl2N2O/c1-2-12-13(18)17(7-3-6-16-12)9-4-5-10(14)11(15)8-9/h4-5,8,12,16H,2-3,6-7H2,1H3. The average molecular weight is 287 g/mol. The Morgan fingerprint density at radius 1 is 1.39 bits per heavy atom. The molecule has 0 bridgehead atoms. The molecule has 1 amide bonds. The van der Waals surface area contributed by atoms with Gasteiger partial charge in [0.25, 0.3) is 0 Å². The number of carbonyl (C=O) groups is 1. The molecule has 0 aliphatic carbocycles. The van der Waals surface area contributed by atoms with E-state index in [0.29, 0.717) is 16.6 Å². The molecular weight excluding hydrogens is 271 g/mol. The van der Waals surface area contributed by atoms with E-state index < -0.39 is 0 Å². The molecule has 1 N–H and O–H groups in total. The molecule has 0 saturated carbocycles. The smallest absolute Gasteiger partial charge is 0.244 e. The normalized spacial score (nSPS) is 20.9. The first-order valence-corrected chi connectivity index (χ1v) is 6.89. The van der Waals surface area contributed by atoms with Crippen LogP contribution in [0.3, 0.4) is 0 Å². The summed E-state index contributed by atoms with van der Waals surface area (Å²) in [6.45, 7) is 3.58. The highest BCUT2D eigenvalue weighted by Crippen LogP contribution is 2.28. The largest absolute Gasteiger partial charge is 0.311 e. The zero-order chi connectivity index (χ0) is 13.1. The second kappa shape index (κ2) is 5.91. The molecule has 1 aliphatic heterocycles. The Labute approximate surface area is 117 Å². The lowest BCUT2D eigenvalue weighted by molar-refractivity contribution is -0.120. The summed E-state index contributed by atoms with van der Waals surface area (Å²) in [4.78, 5) is 14.1. The van der Waals surface area contributed by atoms with E-state index in [9.17, 15) is 4.79 Å². The Kier molecular flexibility index (Phi) is 4.49. The molecule has 5 heteroatoms. The lowest BCUT2D eigenvalue weighted by Gasteiger charge is -2.24.